The Morgan fingerprint density at radius 1 is 1.03 bits per heavy atom. The third-order valence-electron chi connectivity index (χ3n) is 8.11. The van der Waals surface area contributed by atoms with Crippen molar-refractivity contribution in [1.29, 1.82) is 0 Å². The van der Waals surface area contributed by atoms with Gasteiger partial charge in [-0.15, -0.1) is 0 Å². The predicted octanol–water partition coefficient (Wildman–Crippen LogP) is 4.64. The molecule has 0 spiro atoms. The van der Waals surface area contributed by atoms with Gasteiger partial charge < -0.3 is 34.7 Å². The highest BCUT2D eigenvalue weighted by Gasteiger charge is 2.41. The van der Waals surface area contributed by atoms with Crippen LogP contribution >= 0.6 is 0 Å². The number of rotatable bonds is 9. The number of fused-ring (bicyclic) bond motifs is 2. The molecule has 9 heteroatoms. The summed E-state index contributed by atoms with van der Waals surface area (Å²) < 4.78 is 11.0. The van der Waals surface area contributed by atoms with Gasteiger partial charge in [0.15, 0.2) is 11.5 Å². The van der Waals surface area contributed by atoms with Gasteiger partial charge in [-0.2, -0.15) is 0 Å². The van der Waals surface area contributed by atoms with Gasteiger partial charge in [-0.25, -0.2) is 4.79 Å². The van der Waals surface area contributed by atoms with Gasteiger partial charge in [-0.1, -0.05) is 13.8 Å². The van der Waals surface area contributed by atoms with Crippen LogP contribution in [0.4, 0.5) is 4.79 Å². The lowest BCUT2D eigenvalue weighted by Gasteiger charge is -2.22. The Bertz CT molecular complexity index is 1350. The first-order chi connectivity index (χ1) is 18.8. The highest BCUT2D eigenvalue weighted by molar-refractivity contribution is 6.01. The lowest BCUT2D eigenvalue weighted by Crippen LogP contribution is -2.34. The zero-order chi connectivity index (χ0) is 27.7. The van der Waals surface area contributed by atoms with Gasteiger partial charge in [-0.3, -0.25) is 4.79 Å². The quantitative estimate of drug-likeness (QED) is 0.346. The van der Waals surface area contributed by atoms with E-state index in [-0.39, 0.29) is 11.8 Å². The molecule has 2 saturated heterocycles. The van der Waals surface area contributed by atoms with Gasteiger partial charge >= 0.3 is 6.09 Å². The van der Waals surface area contributed by atoms with Crippen molar-refractivity contribution >= 4 is 22.9 Å². The number of methoxy groups -OCH3 is 2. The van der Waals surface area contributed by atoms with E-state index < -0.39 is 6.09 Å². The van der Waals surface area contributed by atoms with Crippen molar-refractivity contribution in [1.82, 2.24) is 20.1 Å². The van der Waals surface area contributed by atoms with Gasteiger partial charge in [0.2, 0.25) is 0 Å². The van der Waals surface area contributed by atoms with Crippen molar-refractivity contribution in [2.75, 3.05) is 53.5 Å². The number of hydrogen-bond acceptors (Lipinski definition) is 5. The number of nitrogens with one attached hydrogen (secondary N) is 2. The van der Waals surface area contributed by atoms with E-state index >= 15 is 0 Å². The molecule has 3 aromatic rings. The lowest BCUT2D eigenvalue weighted by atomic mass is 9.95. The molecule has 0 saturated carbocycles. The summed E-state index contributed by atoms with van der Waals surface area (Å²) in [5.74, 6) is 2.64. The molecule has 3 heterocycles. The van der Waals surface area contributed by atoms with Crippen LogP contribution in [-0.4, -0.2) is 85.4 Å². The molecule has 2 aliphatic heterocycles. The second-order valence-corrected chi connectivity index (χ2v) is 11.0. The van der Waals surface area contributed by atoms with E-state index in [2.05, 4.69) is 29.0 Å². The van der Waals surface area contributed by atoms with Crippen molar-refractivity contribution in [2.45, 2.75) is 26.2 Å². The summed E-state index contributed by atoms with van der Waals surface area (Å²) in [6, 6.07) is 11.9. The number of aromatic nitrogens is 1. The minimum atomic E-state index is -0.974. The number of nitrogens with zero attached hydrogens (tertiary/aromatic N) is 2. The molecule has 0 bridgehead atoms. The summed E-state index contributed by atoms with van der Waals surface area (Å²) in [5.41, 5.74) is 4.94. The molecule has 2 unspecified atom stereocenters. The fourth-order valence-corrected chi connectivity index (χ4v) is 6.28. The second kappa shape index (κ2) is 11.2. The van der Waals surface area contributed by atoms with E-state index in [9.17, 15) is 9.59 Å². The Labute approximate surface area is 229 Å². The highest BCUT2D eigenvalue weighted by atomic mass is 16.5. The Morgan fingerprint density at radius 3 is 2.38 bits per heavy atom. The zero-order valence-corrected chi connectivity index (χ0v) is 23.1. The number of H-pyrrole nitrogens is 1. The Morgan fingerprint density at radius 2 is 1.74 bits per heavy atom. The van der Waals surface area contributed by atoms with Crippen LogP contribution in [0.15, 0.2) is 36.4 Å². The third-order valence-corrected chi connectivity index (χ3v) is 8.11. The Hall–Kier alpha value is -3.72. The number of carbonyl (C=O) groups is 2. The van der Waals surface area contributed by atoms with Crippen LogP contribution in [0.1, 0.15) is 42.1 Å². The first kappa shape index (κ1) is 26.9. The zero-order valence-electron chi connectivity index (χ0n) is 23.1. The summed E-state index contributed by atoms with van der Waals surface area (Å²) in [4.78, 5) is 32.2. The molecular weight excluding hydrogens is 496 g/mol. The minimum absolute atomic E-state index is 0.0899. The van der Waals surface area contributed by atoms with Crippen LogP contribution in [-0.2, 0) is 0 Å². The summed E-state index contributed by atoms with van der Waals surface area (Å²) in [6.07, 6.45) is -0.174. The molecule has 1 aromatic heterocycles. The molecule has 0 radical (unpaired) electrons. The van der Waals surface area contributed by atoms with Gasteiger partial charge in [0.05, 0.1) is 19.9 Å². The first-order valence-corrected chi connectivity index (χ1v) is 13.7. The minimum Gasteiger partial charge on any atom is -0.493 e. The number of amides is 2. The summed E-state index contributed by atoms with van der Waals surface area (Å²) in [7, 11) is 3.27. The van der Waals surface area contributed by atoms with Crippen LogP contribution in [0, 0.1) is 11.8 Å². The smallest absolute Gasteiger partial charge is 0.404 e. The average molecular weight is 535 g/mol. The fourth-order valence-electron chi connectivity index (χ4n) is 6.28. The van der Waals surface area contributed by atoms with E-state index in [4.69, 9.17) is 14.6 Å². The summed E-state index contributed by atoms with van der Waals surface area (Å²) in [5, 5.41) is 12.2. The number of ether oxygens (including phenoxy) is 2. The van der Waals surface area contributed by atoms with Crippen molar-refractivity contribution < 1.29 is 24.2 Å². The third kappa shape index (κ3) is 5.41. The van der Waals surface area contributed by atoms with Gasteiger partial charge in [-0.05, 0) is 72.7 Å². The molecular formula is C30H38N4O5. The van der Waals surface area contributed by atoms with Crippen molar-refractivity contribution in [3.63, 3.8) is 0 Å². The molecule has 9 nitrogen and oxygen atoms in total. The van der Waals surface area contributed by atoms with Gasteiger partial charge in [0.25, 0.3) is 5.91 Å². The highest BCUT2D eigenvalue weighted by Crippen LogP contribution is 2.39. The molecule has 5 rings (SSSR count). The van der Waals surface area contributed by atoms with Crippen molar-refractivity contribution in [2.24, 2.45) is 11.8 Å². The molecule has 2 aromatic carbocycles. The number of benzene rings is 2. The molecule has 0 aliphatic carbocycles. The van der Waals surface area contributed by atoms with Crippen LogP contribution in [0.2, 0.25) is 0 Å². The van der Waals surface area contributed by atoms with Gasteiger partial charge in [0.1, 0.15) is 0 Å². The number of aromatic amines is 1. The Kier molecular flexibility index (Phi) is 7.70. The standard InChI is InChI=1S/C30H38N4O5/c1-18(2)27-23-12-20(6-8-24(23)32-28(27)19-7-9-25(38-3)26(13-19)39-4)29(35)34-16-21-14-33(15-22(21)17-34)11-5-10-31-30(36)37/h6-9,12-13,18,21-22,31-32H,5,10-11,14-17H2,1-4H3,(H,36,37). The van der Waals surface area contributed by atoms with Crippen LogP contribution in [0.25, 0.3) is 22.2 Å². The van der Waals surface area contributed by atoms with E-state index in [1.165, 1.54) is 5.56 Å². The number of likely N-dealkylation sites (tertiary alicyclic amines) is 2. The molecule has 39 heavy (non-hydrogen) atoms. The monoisotopic (exact) mass is 534 g/mol. The molecule has 2 aliphatic rings. The summed E-state index contributed by atoms with van der Waals surface area (Å²) >= 11 is 0. The van der Waals surface area contributed by atoms with Crippen molar-refractivity contribution in [3.05, 3.63) is 47.5 Å². The van der Waals surface area contributed by atoms with Crippen molar-refractivity contribution in [3.8, 4) is 22.8 Å². The fraction of sp³-hybridized carbons (Fsp3) is 0.467. The van der Waals surface area contributed by atoms with E-state index in [1.807, 2.05) is 41.3 Å². The maximum absolute atomic E-state index is 13.6. The molecule has 208 valence electrons. The first-order valence-electron chi connectivity index (χ1n) is 13.7. The normalized spacial score (nSPS) is 19.1. The average Bonchev–Trinajstić information content (AvgIpc) is 3.61. The summed E-state index contributed by atoms with van der Waals surface area (Å²) in [6.45, 7) is 9.17. The maximum Gasteiger partial charge on any atom is 0.404 e. The Balaban J connectivity index is 1.32. The SMILES string of the molecule is COc1ccc(-c2[nH]c3ccc(C(=O)N4CC5CN(CCCNC(=O)O)CC5C4)cc3c2C(C)C)cc1OC. The van der Waals surface area contributed by atoms with Gasteiger partial charge in [0, 0.05) is 54.8 Å². The predicted molar refractivity (Wildman–Crippen MR) is 151 cm³/mol. The van der Waals surface area contributed by atoms with Crippen LogP contribution < -0.4 is 14.8 Å². The molecule has 2 amide bonds. The number of carboxylic acid groups (broad SMARTS) is 1. The molecule has 3 N–H and O–H groups in total. The van der Waals surface area contributed by atoms with E-state index in [0.717, 1.165) is 66.9 Å². The molecule has 2 fully saturated rings. The van der Waals surface area contributed by atoms with Crippen LogP contribution in [0.5, 0.6) is 11.5 Å². The van der Waals surface area contributed by atoms with Crippen LogP contribution in [0.3, 0.4) is 0 Å². The van der Waals surface area contributed by atoms with E-state index in [0.29, 0.717) is 29.9 Å². The largest absolute Gasteiger partial charge is 0.493 e. The maximum atomic E-state index is 13.6. The lowest BCUT2D eigenvalue weighted by molar-refractivity contribution is 0.0774. The topological polar surface area (TPSA) is 107 Å². The number of carbonyl (C=O) groups excluding carboxylic acids is 1. The van der Waals surface area contributed by atoms with E-state index in [1.54, 1.807) is 14.2 Å². The second-order valence-electron chi connectivity index (χ2n) is 11.0. The number of hydrogen-bond donors (Lipinski definition) is 3. The molecule has 2 atom stereocenters.